The molecule has 0 atom stereocenters. The fourth-order valence-electron chi connectivity index (χ4n) is 7.59. The van der Waals surface area contributed by atoms with Crippen molar-refractivity contribution in [2.24, 2.45) is 0 Å². The summed E-state index contributed by atoms with van der Waals surface area (Å²) in [4.78, 5) is 15.1. The third-order valence-corrected chi connectivity index (χ3v) is 10.2. The molecule has 10 rings (SSSR count). The number of hydrogen-bond donors (Lipinski definition) is 0. The molecule has 0 unspecified atom stereocenters. The van der Waals surface area contributed by atoms with E-state index in [0.717, 1.165) is 49.8 Å². The van der Waals surface area contributed by atoms with E-state index in [1.54, 1.807) is 0 Å². The monoisotopic (exact) mass is 691 g/mol. The van der Waals surface area contributed by atoms with E-state index in [2.05, 4.69) is 146 Å². The van der Waals surface area contributed by atoms with Crippen molar-refractivity contribution in [3.8, 4) is 56.2 Å². The van der Waals surface area contributed by atoms with Crippen molar-refractivity contribution in [2.75, 3.05) is 0 Å². The van der Waals surface area contributed by atoms with Crippen LogP contribution in [0, 0.1) is 0 Å². The third kappa shape index (κ3) is 5.80. The normalized spacial score (nSPS) is 11.4. The van der Waals surface area contributed by atoms with Gasteiger partial charge in [-0.1, -0.05) is 170 Å². The molecule has 4 nitrogen and oxygen atoms in total. The summed E-state index contributed by atoms with van der Waals surface area (Å²) in [5.41, 5.74) is 11.8. The van der Waals surface area contributed by atoms with Gasteiger partial charge in [0.1, 0.15) is 17.0 Å². The van der Waals surface area contributed by atoms with Crippen molar-refractivity contribution in [3.63, 3.8) is 0 Å². The summed E-state index contributed by atoms with van der Waals surface area (Å²) in [5.74, 6) is 2.00. The lowest BCUT2D eigenvalue weighted by Crippen LogP contribution is -2.04. The number of hydrogen-bond acceptors (Lipinski definition) is 4. The van der Waals surface area contributed by atoms with Gasteiger partial charge in [-0.15, -0.1) is 0 Å². The summed E-state index contributed by atoms with van der Waals surface area (Å²) >= 11 is 0. The topological polar surface area (TPSA) is 51.8 Å². The van der Waals surface area contributed by atoms with E-state index < -0.39 is 0 Å². The Morgan fingerprint density at radius 1 is 0.352 bits per heavy atom. The molecule has 8 aromatic carbocycles. The molecular formula is C50H33N3O. The van der Waals surface area contributed by atoms with Crippen LogP contribution in [0.15, 0.2) is 192 Å². The van der Waals surface area contributed by atoms with E-state index in [1.807, 2.05) is 42.5 Å². The first-order chi connectivity index (χ1) is 26.7. The van der Waals surface area contributed by atoms with Crippen molar-refractivity contribution >= 4 is 32.7 Å². The van der Waals surface area contributed by atoms with Crippen LogP contribution in [0.25, 0.3) is 88.9 Å². The summed E-state index contributed by atoms with van der Waals surface area (Å²) < 4.78 is 6.47. The molecule has 254 valence electrons. The molecule has 0 aliphatic carbocycles. The number of furan rings is 1. The van der Waals surface area contributed by atoms with Crippen LogP contribution in [-0.4, -0.2) is 15.0 Å². The average Bonchev–Trinajstić information content (AvgIpc) is 3.63. The molecule has 0 aliphatic rings. The molecular weight excluding hydrogens is 659 g/mol. The quantitative estimate of drug-likeness (QED) is 0.167. The van der Waals surface area contributed by atoms with Crippen LogP contribution in [-0.2, 0) is 6.42 Å². The molecule has 54 heavy (non-hydrogen) atoms. The van der Waals surface area contributed by atoms with Gasteiger partial charge in [0.15, 0.2) is 11.6 Å². The standard InChI is InChI=1S/C50H33N3O/c1-4-13-33(14-5-1)34-23-25-37(26-24-34)50-52-47(51-49(53-50)36-17-8-3-9-18-36)32-39-19-12-22-46-48(39)44-31-38(27-30-45(44)54-46)41-29-28-40(35-15-6-2-7-16-35)42-20-10-11-21-43(41)42/h1-31H,32H2. The molecule has 4 heteroatoms. The van der Waals surface area contributed by atoms with Gasteiger partial charge in [0.05, 0.1) is 0 Å². The molecule has 0 amide bonds. The van der Waals surface area contributed by atoms with Crippen LogP contribution >= 0.6 is 0 Å². The van der Waals surface area contributed by atoms with Crippen LogP contribution in [0.4, 0.5) is 0 Å². The summed E-state index contributed by atoms with van der Waals surface area (Å²) in [6.07, 6.45) is 0.516. The molecule has 0 saturated carbocycles. The molecule has 0 radical (unpaired) electrons. The van der Waals surface area contributed by atoms with Gasteiger partial charge in [0, 0.05) is 28.3 Å². The highest BCUT2D eigenvalue weighted by atomic mass is 16.3. The van der Waals surface area contributed by atoms with Crippen LogP contribution in [0.5, 0.6) is 0 Å². The van der Waals surface area contributed by atoms with E-state index in [1.165, 1.54) is 33.0 Å². The van der Waals surface area contributed by atoms with Crippen LogP contribution in [0.2, 0.25) is 0 Å². The Balaban J connectivity index is 1.07. The summed E-state index contributed by atoms with van der Waals surface area (Å²) in [5, 5.41) is 4.60. The molecule has 0 fully saturated rings. The average molecular weight is 692 g/mol. The summed E-state index contributed by atoms with van der Waals surface area (Å²) in [6, 6.07) is 65.5. The second kappa shape index (κ2) is 13.4. The largest absolute Gasteiger partial charge is 0.456 e. The second-order valence-corrected chi connectivity index (χ2v) is 13.6. The van der Waals surface area contributed by atoms with Gasteiger partial charge in [-0.3, -0.25) is 0 Å². The van der Waals surface area contributed by atoms with Crippen molar-refractivity contribution < 1.29 is 4.42 Å². The van der Waals surface area contributed by atoms with E-state index >= 15 is 0 Å². The van der Waals surface area contributed by atoms with Crippen molar-refractivity contribution in [3.05, 3.63) is 199 Å². The third-order valence-electron chi connectivity index (χ3n) is 10.2. The maximum atomic E-state index is 6.47. The lowest BCUT2D eigenvalue weighted by molar-refractivity contribution is 0.668. The molecule has 10 aromatic rings. The predicted octanol–water partition coefficient (Wildman–Crippen LogP) is 12.8. The van der Waals surface area contributed by atoms with E-state index in [-0.39, 0.29) is 0 Å². The molecule has 0 saturated heterocycles. The molecule has 0 spiro atoms. The van der Waals surface area contributed by atoms with E-state index in [0.29, 0.717) is 23.9 Å². The number of nitrogens with zero attached hydrogens (tertiary/aromatic N) is 3. The fourth-order valence-corrected chi connectivity index (χ4v) is 7.59. The number of aromatic nitrogens is 3. The first-order valence-corrected chi connectivity index (χ1v) is 18.2. The van der Waals surface area contributed by atoms with Crippen LogP contribution in [0.3, 0.4) is 0 Å². The van der Waals surface area contributed by atoms with Crippen LogP contribution in [0.1, 0.15) is 11.4 Å². The predicted molar refractivity (Wildman–Crippen MR) is 221 cm³/mol. The summed E-state index contributed by atoms with van der Waals surface area (Å²) in [7, 11) is 0. The minimum Gasteiger partial charge on any atom is -0.456 e. The fraction of sp³-hybridized carbons (Fsp3) is 0.0200. The van der Waals surface area contributed by atoms with E-state index in [4.69, 9.17) is 19.4 Å². The van der Waals surface area contributed by atoms with Gasteiger partial charge in [0.25, 0.3) is 0 Å². The van der Waals surface area contributed by atoms with Crippen molar-refractivity contribution in [2.45, 2.75) is 6.42 Å². The van der Waals surface area contributed by atoms with Gasteiger partial charge < -0.3 is 4.42 Å². The number of fused-ring (bicyclic) bond motifs is 4. The highest BCUT2D eigenvalue weighted by molar-refractivity contribution is 6.10. The highest BCUT2D eigenvalue weighted by Gasteiger charge is 2.17. The minimum atomic E-state index is 0.516. The Kier molecular flexibility index (Phi) is 7.85. The molecule has 2 aromatic heterocycles. The zero-order chi connectivity index (χ0) is 35.8. The van der Waals surface area contributed by atoms with Crippen LogP contribution < -0.4 is 0 Å². The molecule has 0 bridgehead atoms. The summed E-state index contributed by atoms with van der Waals surface area (Å²) in [6.45, 7) is 0. The van der Waals surface area contributed by atoms with Gasteiger partial charge in [-0.25, -0.2) is 15.0 Å². The first kappa shape index (κ1) is 31.6. The SMILES string of the molecule is c1ccc(-c2ccc(-c3nc(Cc4cccc5oc6ccc(-c7ccc(-c8ccccc8)c8ccccc78)cc6c45)nc(-c4ccccc4)n3)cc2)cc1. The zero-order valence-corrected chi connectivity index (χ0v) is 29.4. The second-order valence-electron chi connectivity index (χ2n) is 13.6. The lowest BCUT2D eigenvalue weighted by Gasteiger charge is -2.12. The van der Waals surface area contributed by atoms with Gasteiger partial charge in [-0.2, -0.15) is 0 Å². The number of rotatable bonds is 7. The smallest absolute Gasteiger partial charge is 0.163 e. The van der Waals surface area contributed by atoms with Crippen molar-refractivity contribution in [1.29, 1.82) is 0 Å². The van der Waals surface area contributed by atoms with Crippen molar-refractivity contribution in [1.82, 2.24) is 15.0 Å². The molecule has 0 aliphatic heterocycles. The Morgan fingerprint density at radius 2 is 0.870 bits per heavy atom. The Bertz CT molecular complexity index is 2940. The van der Waals surface area contributed by atoms with Gasteiger partial charge in [0.2, 0.25) is 0 Å². The maximum Gasteiger partial charge on any atom is 0.163 e. The maximum absolute atomic E-state index is 6.47. The highest BCUT2D eigenvalue weighted by Crippen LogP contribution is 2.39. The van der Waals surface area contributed by atoms with E-state index in [9.17, 15) is 0 Å². The Morgan fingerprint density at radius 3 is 1.54 bits per heavy atom. The first-order valence-electron chi connectivity index (χ1n) is 18.2. The molecule has 0 N–H and O–H groups in total. The Labute approximate surface area is 313 Å². The minimum absolute atomic E-state index is 0.516. The van der Waals surface area contributed by atoms with Gasteiger partial charge >= 0.3 is 0 Å². The number of benzene rings is 8. The zero-order valence-electron chi connectivity index (χ0n) is 29.4. The van der Waals surface area contributed by atoms with Gasteiger partial charge in [-0.05, 0) is 67.9 Å². The Hall–Kier alpha value is -7.17. The molecule has 2 heterocycles. The lowest BCUT2D eigenvalue weighted by atomic mass is 9.91.